The predicted octanol–water partition coefficient (Wildman–Crippen LogP) is 3.58. The normalized spacial score (nSPS) is 11.8. The third-order valence-corrected chi connectivity index (χ3v) is 2.54. The number of benzene rings is 1. The summed E-state index contributed by atoms with van der Waals surface area (Å²) < 4.78 is 7.41. The maximum Gasteiger partial charge on any atom is 0.435 e. The van der Waals surface area contributed by atoms with E-state index >= 15 is 0 Å². The lowest BCUT2D eigenvalue weighted by Gasteiger charge is -2.18. The molecule has 0 saturated heterocycles. The van der Waals surface area contributed by atoms with E-state index in [1.165, 1.54) is 4.68 Å². The van der Waals surface area contributed by atoms with Crippen molar-refractivity contribution in [3.8, 4) is 0 Å². The van der Waals surface area contributed by atoms with Crippen LogP contribution in [0.5, 0.6) is 0 Å². The summed E-state index contributed by atoms with van der Waals surface area (Å²) in [6.07, 6.45) is 1.19. The number of halogens is 1. The number of nitrogens with zero attached hydrogens (tertiary/aromatic N) is 2. The molecule has 0 aliphatic carbocycles. The highest BCUT2D eigenvalue weighted by Gasteiger charge is 2.18. The molecule has 0 unspecified atom stereocenters. The zero-order chi connectivity index (χ0) is 12.6. The minimum absolute atomic E-state index is 0.468. The van der Waals surface area contributed by atoms with Crippen LogP contribution in [0, 0.1) is 0 Å². The molecule has 0 radical (unpaired) electrons. The van der Waals surface area contributed by atoms with Gasteiger partial charge in [0.05, 0.1) is 5.52 Å². The van der Waals surface area contributed by atoms with E-state index < -0.39 is 11.7 Å². The second-order valence-corrected chi connectivity index (χ2v) is 5.67. The molecule has 0 bridgehead atoms. The molecule has 1 aromatic carbocycles. The molecule has 2 aromatic rings. The molecule has 0 amide bonds. The Morgan fingerprint density at radius 1 is 1.41 bits per heavy atom. The van der Waals surface area contributed by atoms with Gasteiger partial charge in [-0.25, -0.2) is 4.79 Å². The van der Waals surface area contributed by atoms with Crippen LogP contribution in [0.1, 0.15) is 20.8 Å². The summed E-state index contributed by atoms with van der Waals surface area (Å²) in [6, 6.07) is 5.64. The van der Waals surface area contributed by atoms with Gasteiger partial charge >= 0.3 is 6.09 Å². The Hall–Kier alpha value is -1.36. The lowest BCUT2D eigenvalue weighted by Crippen LogP contribution is -2.27. The number of fused-ring (bicyclic) bond motifs is 1. The Bertz CT molecular complexity index is 569. The van der Waals surface area contributed by atoms with E-state index in [2.05, 4.69) is 21.0 Å². The van der Waals surface area contributed by atoms with E-state index in [-0.39, 0.29) is 0 Å². The van der Waals surface area contributed by atoms with E-state index in [1.807, 2.05) is 39.0 Å². The van der Waals surface area contributed by atoms with Gasteiger partial charge in [0.2, 0.25) is 0 Å². The van der Waals surface area contributed by atoms with Gasteiger partial charge in [0.1, 0.15) is 5.60 Å². The molecule has 1 heterocycles. The van der Waals surface area contributed by atoms with E-state index in [9.17, 15) is 4.79 Å². The molecule has 0 atom stereocenters. The third kappa shape index (κ3) is 2.85. The van der Waals surface area contributed by atoms with Crippen molar-refractivity contribution in [2.45, 2.75) is 26.4 Å². The lowest BCUT2D eigenvalue weighted by atomic mass is 10.2. The maximum atomic E-state index is 11.8. The van der Waals surface area contributed by atoms with Gasteiger partial charge in [0.15, 0.2) is 0 Å². The molecule has 1 aromatic heterocycles. The van der Waals surface area contributed by atoms with Crippen molar-refractivity contribution in [1.29, 1.82) is 0 Å². The summed E-state index contributed by atoms with van der Waals surface area (Å²) in [6.45, 7) is 5.47. The van der Waals surface area contributed by atoms with Crippen LogP contribution in [0.2, 0.25) is 0 Å². The number of carbonyl (C=O) groups excluding carboxylic acids is 1. The minimum Gasteiger partial charge on any atom is -0.442 e. The predicted molar refractivity (Wildman–Crippen MR) is 69.1 cm³/mol. The van der Waals surface area contributed by atoms with Crippen LogP contribution in [0.15, 0.2) is 28.9 Å². The van der Waals surface area contributed by atoms with Gasteiger partial charge in [-0.15, -0.1) is 0 Å². The van der Waals surface area contributed by atoms with Crippen molar-refractivity contribution >= 4 is 32.9 Å². The Morgan fingerprint density at radius 3 is 2.76 bits per heavy atom. The van der Waals surface area contributed by atoms with Crippen LogP contribution in [0.4, 0.5) is 4.79 Å². The van der Waals surface area contributed by atoms with Crippen LogP contribution in [-0.4, -0.2) is 21.5 Å². The largest absolute Gasteiger partial charge is 0.442 e. The molecule has 0 fully saturated rings. The molecule has 17 heavy (non-hydrogen) atoms. The summed E-state index contributed by atoms with van der Waals surface area (Å²) in [4.78, 5) is 11.8. The van der Waals surface area contributed by atoms with Gasteiger partial charge in [-0.3, -0.25) is 0 Å². The van der Waals surface area contributed by atoms with Crippen molar-refractivity contribution < 1.29 is 9.53 Å². The molecule has 2 rings (SSSR count). The molecular formula is C12H13BrN2O2. The Kier molecular flexibility index (Phi) is 2.95. The molecule has 0 saturated carbocycles. The second kappa shape index (κ2) is 4.14. The van der Waals surface area contributed by atoms with E-state index in [0.29, 0.717) is 0 Å². The zero-order valence-electron chi connectivity index (χ0n) is 9.90. The van der Waals surface area contributed by atoms with E-state index in [4.69, 9.17) is 4.74 Å². The Labute approximate surface area is 108 Å². The Morgan fingerprint density at radius 2 is 2.12 bits per heavy atom. The highest BCUT2D eigenvalue weighted by atomic mass is 79.9. The van der Waals surface area contributed by atoms with Gasteiger partial charge in [0.25, 0.3) is 0 Å². The first kappa shape index (κ1) is 12.1. The molecule has 0 spiro atoms. The van der Waals surface area contributed by atoms with Crippen LogP contribution in [0.25, 0.3) is 10.9 Å². The molecule has 5 heteroatoms. The van der Waals surface area contributed by atoms with E-state index in [1.54, 1.807) is 6.20 Å². The average molecular weight is 297 g/mol. The highest BCUT2D eigenvalue weighted by Crippen LogP contribution is 2.19. The standard InChI is InChI=1S/C12H13BrN2O2/c1-12(2,3)17-11(16)15-7-8-6-9(13)4-5-10(8)14-15/h4-7H,1-3H3. The smallest absolute Gasteiger partial charge is 0.435 e. The topological polar surface area (TPSA) is 44.1 Å². The summed E-state index contributed by atoms with van der Waals surface area (Å²) in [7, 11) is 0. The van der Waals surface area contributed by atoms with Gasteiger partial charge < -0.3 is 4.74 Å². The molecule has 4 nitrogen and oxygen atoms in total. The first-order valence-electron chi connectivity index (χ1n) is 5.23. The van der Waals surface area contributed by atoms with Crippen LogP contribution in [0.3, 0.4) is 0 Å². The SMILES string of the molecule is CC(C)(C)OC(=O)n1cc2cc(Br)ccc2n1. The Balaban J connectivity index is 2.33. The molecule has 0 N–H and O–H groups in total. The number of hydrogen-bond donors (Lipinski definition) is 0. The number of rotatable bonds is 0. The van der Waals surface area contributed by atoms with Crippen molar-refractivity contribution in [3.05, 3.63) is 28.9 Å². The van der Waals surface area contributed by atoms with Crippen molar-refractivity contribution in [2.24, 2.45) is 0 Å². The fraction of sp³-hybridized carbons (Fsp3) is 0.333. The summed E-state index contributed by atoms with van der Waals surface area (Å²) in [5, 5.41) is 5.05. The first-order valence-corrected chi connectivity index (χ1v) is 6.03. The quantitative estimate of drug-likeness (QED) is 0.746. The zero-order valence-corrected chi connectivity index (χ0v) is 11.5. The van der Waals surface area contributed by atoms with Crippen molar-refractivity contribution in [1.82, 2.24) is 9.78 Å². The van der Waals surface area contributed by atoms with Gasteiger partial charge in [-0.05, 0) is 39.0 Å². The van der Waals surface area contributed by atoms with Crippen molar-refractivity contribution in [3.63, 3.8) is 0 Å². The second-order valence-electron chi connectivity index (χ2n) is 4.76. The van der Waals surface area contributed by atoms with Crippen LogP contribution in [-0.2, 0) is 4.74 Å². The highest BCUT2D eigenvalue weighted by molar-refractivity contribution is 9.10. The van der Waals surface area contributed by atoms with E-state index in [0.717, 1.165) is 15.4 Å². The van der Waals surface area contributed by atoms with Gasteiger partial charge in [-0.1, -0.05) is 15.9 Å². The fourth-order valence-electron chi connectivity index (χ4n) is 1.40. The van der Waals surface area contributed by atoms with Crippen LogP contribution >= 0.6 is 15.9 Å². The maximum absolute atomic E-state index is 11.8. The summed E-state index contributed by atoms with van der Waals surface area (Å²) >= 11 is 3.37. The summed E-state index contributed by atoms with van der Waals surface area (Å²) in [5.41, 5.74) is 0.245. The van der Waals surface area contributed by atoms with Crippen molar-refractivity contribution in [2.75, 3.05) is 0 Å². The van der Waals surface area contributed by atoms with Crippen LogP contribution < -0.4 is 0 Å². The monoisotopic (exact) mass is 296 g/mol. The first-order chi connectivity index (χ1) is 7.85. The number of hydrogen-bond acceptors (Lipinski definition) is 3. The van der Waals surface area contributed by atoms with Gasteiger partial charge in [-0.2, -0.15) is 9.78 Å². The lowest BCUT2D eigenvalue weighted by molar-refractivity contribution is 0.0516. The fourth-order valence-corrected chi connectivity index (χ4v) is 1.78. The average Bonchev–Trinajstić information content (AvgIpc) is 2.57. The summed E-state index contributed by atoms with van der Waals surface area (Å²) in [5.74, 6) is 0. The number of carbonyl (C=O) groups is 1. The minimum atomic E-state index is -0.518. The third-order valence-electron chi connectivity index (χ3n) is 2.05. The van der Waals surface area contributed by atoms with Gasteiger partial charge in [0, 0.05) is 16.1 Å². The molecular weight excluding hydrogens is 284 g/mol. The molecule has 90 valence electrons. The molecule has 0 aliphatic heterocycles. The number of ether oxygens (including phenoxy) is 1. The number of aromatic nitrogens is 2. The molecule has 0 aliphatic rings.